The van der Waals surface area contributed by atoms with Crippen LogP contribution in [-0.2, 0) is 4.79 Å². The summed E-state index contributed by atoms with van der Waals surface area (Å²) in [6.45, 7) is 8.72. The minimum Gasteiger partial charge on any atom is -0.492 e. The Morgan fingerprint density at radius 3 is 2.41 bits per heavy atom. The van der Waals surface area contributed by atoms with E-state index in [4.69, 9.17) is 10.5 Å². The molecule has 1 aliphatic heterocycles. The maximum Gasteiger partial charge on any atom is 0.227 e. The van der Waals surface area contributed by atoms with Gasteiger partial charge in [-0.15, -0.1) is 0 Å². The minimum atomic E-state index is -0.104. The Bertz CT molecular complexity index is 456. The van der Waals surface area contributed by atoms with Gasteiger partial charge < -0.3 is 15.4 Å². The molecule has 0 aromatic heterocycles. The number of para-hydroxylation sites is 1. The Hall–Kier alpha value is -1.59. The highest BCUT2D eigenvalue weighted by Crippen LogP contribution is 2.11. The van der Waals surface area contributed by atoms with Gasteiger partial charge in [-0.2, -0.15) is 0 Å². The lowest BCUT2D eigenvalue weighted by Crippen LogP contribution is -2.52. The van der Waals surface area contributed by atoms with Crippen molar-refractivity contribution < 1.29 is 9.53 Å². The van der Waals surface area contributed by atoms with Crippen LogP contribution in [0.15, 0.2) is 30.3 Å². The number of ether oxygens (including phenoxy) is 1. The number of rotatable bonds is 6. The van der Waals surface area contributed by atoms with Crippen LogP contribution in [0.5, 0.6) is 5.75 Å². The van der Waals surface area contributed by atoms with E-state index in [2.05, 4.69) is 4.90 Å². The topological polar surface area (TPSA) is 58.8 Å². The van der Waals surface area contributed by atoms with E-state index in [0.717, 1.165) is 38.5 Å². The summed E-state index contributed by atoms with van der Waals surface area (Å²) in [5.74, 6) is 0.977. The van der Waals surface area contributed by atoms with E-state index in [9.17, 15) is 4.79 Å². The van der Waals surface area contributed by atoms with Crippen molar-refractivity contribution in [2.45, 2.75) is 19.9 Å². The summed E-state index contributed by atoms with van der Waals surface area (Å²) in [4.78, 5) is 16.5. The van der Waals surface area contributed by atoms with Crippen molar-refractivity contribution in [3.63, 3.8) is 0 Å². The minimum absolute atomic E-state index is 0.0928. The zero-order valence-electron chi connectivity index (χ0n) is 13.6. The van der Waals surface area contributed by atoms with E-state index < -0.39 is 0 Å². The number of nitrogens with zero attached hydrogens (tertiary/aromatic N) is 2. The largest absolute Gasteiger partial charge is 0.492 e. The fourth-order valence-corrected chi connectivity index (χ4v) is 2.51. The summed E-state index contributed by atoms with van der Waals surface area (Å²) >= 11 is 0. The molecule has 0 saturated carbocycles. The summed E-state index contributed by atoms with van der Waals surface area (Å²) < 4.78 is 5.71. The molecule has 22 heavy (non-hydrogen) atoms. The van der Waals surface area contributed by atoms with Gasteiger partial charge in [0.1, 0.15) is 12.4 Å². The first-order valence-electron chi connectivity index (χ1n) is 8.02. The lowest BCUT2D eigenvalue weighted by molar-refractivity contribution is -0.137. The van der Waals surface area contributed by atoms with Crippen LogP contribution >= 0.6 is 0 Å². The predicted octanol–water partition coefficient (Wildman–Crippen LogP) is 1.19. The van der Waals surface area contributed by atoms with Crippen LogP contribution in [0.25, 0.3) is 0 Å². The van der Waals surface area contributed by atoms with Crippen LogP contribution in [-0.4, -0.2) is 61.1 Å². The van der Waals surface area contributed by atoms with Gasteiger partial charge in [0.15, 0.2) is 0 Å². The standard InChI is InChI=1S/C17H27N3O2/c1-14(15(2)18)17(21)20-10-8-19(9-11-20)12-13-22-16-6-4-3-5-7-16/h3-7,14-15H,8-13,18H2,1-2H3. The molecule has 1 aliphatic rings. The summed E-state index contributed by atoms with van der Waals surface area (Å²) in [5.41, 5.74) is 5.82. The molecule has 1 fully saturated rings. The molecule has 5 nitrogen and oxygen atoms in total. The van der Waals surface area contributed by atoms with Crippen LogP contribution in [0.1, 0.15) is 13.8 Å². The third-order valence-corrected chi connectivity index (χ3v) is 4.28. The number of amides is 1. The van der Waals surface area contributed by atoms with Crippen molar-refractivity contribution in [2.75, 3.05) is 39.3 Å². The highest BCUT2D eigenvalue weighted by atomic mass is 16.5. The van der Waals surface area contributed by atoms with Gasteiger partial charge in [0.2, 0.25) is 5.91 Å². The summed E-state index contributed by atoms with van der Waals surface area (Å²) in [6.07, 6.45) is 0. The maximum absolute atomic E-state index is 12.2. The molecule has 0 bridgehead atoms. The lowest BCUT2D eigenvalue weighted by Gasteiger charge is -2.36. The predicted molar refractivity (Wildman–Crippen MR) is 87.8 cm³/mol. The van der Waals surface area contributed by atoms with E-state index in [1.54, 1.807) is 0 Å². The van der Waals surface area contributed by atoms with Gasteiger partial charge in [-0.3, -0.25) is 9.69 Å². The summed E-state index contributed by atoms with van der Waals surface area (Å²) in [5, 5.41) is 0. The number of piperazine rings is 1. The fraction of sp³-hybridized carbons (Fsp3) is 0.588. The van der Waals surface area contributed by atoms with Crippen molar-refractivity contribution in [1.82, 2.24) is 9.80 Å². The second kappa shape index (κ2) is 8.15. The smallest absolute Gasteiger partial charge is 0.227 e. The normalized spacial score (nSPS) is 18.8. The second-order valence-corrected chi connectivity index (χ2v) is 5.98. The van der Waals surface area contributed by atoms with Crippen molar-refractivity contribution in [3.05, 3.63) is 30.3 Å². The average Bonchev–Trinajstić information content (AvgIpc) is 2.55. The number of nitrogens with two attached hydrogens (primary N) is 1. The molecule has 1 heterocycles. The molecule has 0 radical (unpaired) electrons. The molecule has 2 rings (SSSR count). The van der Waals surface area contributed by atoms with E-state index >= 15 is 0 Å². The Morgan fingerprint density at radius 2 is 1.82 bits per heavy atom. The maximum atomic E-state index is 12.2. The van der Waals surface area contributed by atoms with Crippen LogP contribution in [0, 0.1) is 5.92 Å². The SMILES string of the molecule is CC(N)C(C)C(=O)N1CCN(CCOc2ccccc2)CC1. The Balaban J connectivity index is 1.68. The molecule has 2 atom stereocenters. The Labute approximate surface area is 133 Å². The first-order valence-corrected chi connectivity index (χ1v) is 8.02. The molecular formula is C17H27N3O2. The first kappa shape index (κ1) is 16.8. The van der Waals surface area contributed by atoms with Crippen molar-refractivity contribution in [2.24, 2.45) is 11.7 Å². The molecule has 0 aliphatic carbocycles. The number of carbonyl (C=O) groups is 1. The molecule has 5 heteroatoms. The first-order chi connectivity index (χ1) is 10.6. The number of hydrogen-bond donors (Lipinski definition) is 1. The van der Waals surface area contributed by atoms with Crippen molar-refractivity contribution in [3.8, 4) is 5.75 Å². The third kappa shape index (κ3) is 4.71. The Kier molecular flexibility index (Phi) is 6.21. The van der Waals surface area contributed by atoms with Crippen LogP contribution < -0.4 is 10.5 Å². The third-order valence-electron chi connectivity index (χ3n) is 4.28. The molecule has 1 aromatic carbocycles. The molecule has 2 unspecified atom stereocenters. The van der Waals surface area contributed by atoms with Gasteiger partial charge in [-0.1, -0.05) is 25.1 Å². The highest BCUT2D eigenvalue weighted by Gasteiger charge is 2.26. The van der Waals surface area contributed by atoms with E-state index in [1.807, 2.05) is 49.1 Å². The monoisotopic (exact) mass is 305 g/mol. The molecule has 2 N–H and O–H groups in total. The second-order valence-electron chi connectivity index (χ2n) is 5.98. The van der Waals surface area contributed by atoms with E-state index in [0.29, 0.717) is 6.61 Å². The zero-order chi connectivity index (χ0) is 15.9. The van der Waals surface area contributed by atoms with E-state index in [-0.39, 0.29) is 17.9 Å². The van der Waals surface area contributed by atoms with Gasteiger partial charge in [-0.05, 0) is 19.1 Å². The highest BCUT2D eigenvalue weighted by molar-refractivity contribution is 5.79. The Morgan fingerprint density at radius 1 is 1.18 bits per heavy atom. The van der Waals surface area contributed by atoms with Crippen molar-refractivity contribution in [1.29, 1.82) is 0 Å². The fourth-order valence-electron chi connectivity index (χ4n) is 2.51. The summed E-state index contributed by atoms with van der Waals surface area (Å²) in [7, 11) is 0. The van der Waals surface area contributed by atoms with Crippen LogP contribution in [0.2, 0.25) is 0 Å². The quantitative estimate of drug-likeness (QED) is 0.858. The number of hydrogen-bond acceptors (Lipinski definition) is 4. The number of carbonyl (C=O) groups excluding carboxylic acids is 1. The molecule has 1 saturated heterocycles. The molecule has 1 amide bonds. The molecule has 0 spiro atoms. The molecular weight excluding hydrogens is 278 g/mol. The average molecular weight is 305 g/mol. The molecule has 122 valence electrons. The number of benzene rings is 1. The van der Waals surface area contributed by atoms with E-state index in [1.165, 1.54) is 0 Å². The van der Waals surface area contributed by atoms with Crippen LogP contribution in [0.3, 0.4) is 0 Å². The van der Waals surface area contributed by atoms with Gasteiger partial charge in [0.05, 0.1) is 5.92 Å². The lowest BCUT2D eigenvalue weighted by atomic mass is 10.0. The van der Waals surface area contributed by atoms with Gasteiger partial charge in [0.25, 0.3) is 0 Å². The zero-order valence-corrected chi connectivity index (χ0v) is 13.6. The van der Waals surface area contributed by atoms with Crippen LogP contribution in [0.4, 0.5) is 0 Å². The van der Waals surface area contributed by atoms with Gasteiger partial charge in [-0.25, -0.2) is 0 Å². The van der Waals surface area contributed by atoms with Gasteiger partial charge in [0, 0.05) is 38.8 Å². The van der Waals surface area contributed by atoms with Gasteiger partial charge >= 0.3 is 0 Å². The molecule has 1 aromatic rings. The van der Waals surface area contributed by atoms with Crippen molar-refractivity contribution >= 4 is 5.91 Å². The summed E-state index contributed by atoms with van der Waals surface area (Å²) in [6, 6.07) is 9.76.